The second-order valence-electron chi connectivity index (χ2n) is 6.66. The number of nitrogens with two attached hydrogens (primary N) is 1. The molecule has 1 saturated heterocycles. The zero-order valence-electron chi connectivity index (χ0n) is 15.1. The first-order valence-corrected chi connectivity index (χ1v) is 9.05. The molecule has 3 N–H and O–H groups in total. The Labute approximate surface area is 154 Å². The van der Waals surface area contributed by atoms with Gasteiger partial charge in [0.2, 0.25) is 5.91 Å². The molecule has 1 amide bonds. The SMILES string of the molecule is Cc1ccc(CNC(=O)C(N)c2ccccc2)c(OCC2CCCO2)c1. The van der Waals surface area contributed by atoms with E-state index in [0.717, 1.165) is 41.9 Å². The first-order chi connectivity index (χ1) is 12.6. The van der Waals surface area contributed by atoms with Gasteiger partial charge in [-0.15, -0.1) is 0 Å². The van der Waals surface area contributed by atoms with Crippen LogP contribution in [0.4, 0.5) is 0 Å². The zero-order chi connectivity index (χ0) is 18.4. The van der Waals surface area contributed by atoms with Crippen LogP contribution >= 0.6 is 0 Å². The van der Waals surface area contributed by atoms with Gasteiger partial charge in [-0.2, -0.15) is 0 Å². The Morgan fingerprint density at radius 3 is 2.85 bits per heavy atom. The van der Waals surface area contributed by atoms with Crippen molar-refractivity contribution in [2.75, 3.05) is 13.2 Å². The third-order valence-corrected chi connectivity index (χ3v) is 4.57. The number of carbonyl (C=O) groups is 1. The summed E-state index contributed by atoms with van der Waals surface area (Å²) in [7, 11) is 0. The Kier molecular flexibility index (Phi) is 6.26. The van der Waals surface area contributed by atoms with Gasteiger partial charge in [-0.05, 0) is 37.0 Å². The summed E-state index contributed by atoms with van der Waals surface area (Å²) in [6.45, 7) is 3.74. The number of hydrogen-bond acceptors (Lipinski definition) is 4. The molecule has 0 saturated carbocycles. The van der Waals surface area contributed by atoms with Crippen molar-refractivity contribution in [2.24, 2.45) is 5.73 Å². The Morgan fingerprint density at radius 2 is 2.12 bits per heavy atom. The molecule has 1 aliphatic rings. The van der Waals surface area contributed by atoms with Crippen LogP contribution in [-0.2, 0) is 16.1 Å². The molecule has 2 aromatic rings. The van der Waals surface area contributed by atoms with Gasteiger partial charge in [-0.1, -0.05) is 42.5 Å². The van der Waals surface area contributed by atoms with Gasteiger partial charge < -0.3 is 20.5 Å². The summed E-state index contributed by atoms with van der Waals surface area (Å²) in [4.78, 5) is 12.4. The van der Waals surface area contributed by atoms with Crippen molar-refractivity contribution >= 4 is 5.91 Å². The number of amides is 1. The van der Waals surface area contributed by atoms with Crippen LogP contribution in [0.3, 0.4) is 0 Å². The molecule has 2 aromatic carbocycles. The lowest BCUT2D eigenvalue weighted by Gasteiger charge is -2.17. The lowest BCUT2D eigenvalue weighted by atomic mass is 10.1. The monoisotopic (exact) mass is 354 g/mol. The van der Waals surface area contributed by atoms with Crippen LogP contribution in [0.2, 0.25) is 0 Å². The number of hydrogen-bond donors (Lipinski definition) is 2. The van der Waals surface area contributed by atoms with Crippen LogP contribution in [-0.4, -0.2) is 25.2 Å². The van der Waals surface area contributed by atoms with Gasteiger partial charge in [0.15, 0.2) is 0 Å². The van der Waals surface area contributed by atoms with E-state index in [4.69, 9.17) is 15.2 Å². The summed E-state index contributed by atoms with van der Waals surface area (Å²) in [6, 6.07) is 14.7. The molecule has 1 aliphatic heterocycles. The second-order valence-corrected chi connectivity index (χ2v) is 6.66. The van der Waals surface area contributed by atoms with E-state index in [1.54, 1.807) is 0 Å². The first kappa shape index (κ1) is 18.4. The maximum Gasteiger partial charge on any atom is 0.241 e. The maximum absolute atomic E-state index is 12.4. The van der Waals surface area contributed by atoms with Gasteiger partial charge in [-0.3, -0.25) is 4.79 Å². The van der Waals surface area contributed by atoms with Crippen molar-refractivity contribution in [3.8, 4) is 5.75 Å². The summed E-state index contributed by atoms with van der Waals surface area (Å²) in [6.07, 6.45) is 2.27. The Morgan fingerprint density at radius 1 is 1.31 bits per heavy atom. The Balaban J connectivity index is 1.60. The molecule has 1 fully saturated rings. The van der Waals surface area contributed by atoms with Gasteiger partial charge in [0.25, 0.3) is 0 Å². The summed E-state index contributed by atoms with van der Waals surface area (Å²) in [5, 5.41) is 2.91. The number of carbonyl (C=O) groups excluding carboxylic acids is 1. The molecule has 5 heteroatoms. The molecule has 0 spiro atoms. The quantitative estimate of drug-likeness (QED) is 0.802. The van der Waals surface area contributed by atoms with Crippen molar-refractivity contribution in [3.05, 3.63) is 65.2 Å². The van der Waals surface area contributed by atoms with Crippen molar-refractivity contribution in [3.63, 3.8) is 0 Å². The fraction of sp³-hybridized carbons (Fsp3) is 0.381. The topological polar surface area (TPSA) is 73.6 Å². The van der Waals surface area contributed by atoms with Gasteiger partial charge in [-0.25, -0.2) is 0 Å². The van der Waals surface area contributed by atoms with Gasteiger partial charge in [0.1, 0.15) is 18.4 Å². The first-order valence-electron chi connectivity index (χ1n) is 9.05. The summed E-state index contributed by atoms with van der Waals surface area (Å²) in [5.74, 6) is 0.580. The molecule has 138 valence electrons. The zero-order valence-corrected chi connectivity index (χ0v) is 15.1. The lowest BCUT2D eigenvalue weighted by Crippen LogP contribution is -2.33. The minimum Gasteiger partial charge on any atom is -0.491 e. The molecule has 0 aromatic heterocycles. The highest BCUT2D eigenvalue weighted by Gasteiger charge is 2.18. The largest absolute Gasteiger partial charge is 0.491 e. The van der Waals surface area contributed by atoms with Crippen LogP contribution in [0.1, 0.15) is 35.6 Å². The van der Waals surface area contributed by atoms with E-state index in [0.29, 0.717) is 13.2 Å². The fourth-order valence-electron chi connectivity index (χ4n) is 3.00. The number of rotatable bonds is 7. The van der Waals surface area contributed by atoms with Crippen molar-refractivity contribution < 1.29 is 14.3 Å². The van der Waals surface area contributed by atoms with E-state index in [-0.39, 0.29) is 12.0 Å². The number of ether oxygens (including phenoxy) is 2. The van der Waals surface area contributed by atoms with Crippen LogP contribution < -0.4 is 15.8 Å². The number of aryl methyl sites for hydroxylation is 1. The number of nitrogens with one attached hydrogen (secondary N) is 1. The van der Waals surface area contributed by atoms with Crippen LogP contribution in [0.5, 0.6) is 5.75 Å². The minimum atomic E-state index is -0.682. The van der Waals surface area contributed by atoms with Gasteiger partial charge in [0, 0.05) is 18.7 Å². The smallest absolute Gasteiger partial charge is 0.241 e. The highest BCUT2D eigenvalue weighted by Crippen LogP contribution is 2.22. The van der Waals surface area contributed by atoms with Crippen molar-refractivity contribution in [1.29, 1.82) is 0 Å². The predicted octanol–water partition coefficient (Wildman–Crippen LogP) is 2.87. The predicted molar refractivity (Wildman–Crippen MR) is 101 cm³/mol. The maximum atomic E-state index is 12.4. The molecule has 3 rings (SSSR count). The van der Waals surface area contributed by atoms with E-state index < -0.39 is 6.04 Å². The van der Waals surface area contributed by atoms with Crippen molar-refractivity contribution in [1.82, 2.24) is 5.32 Å². The van der Waals surface area contributed by atoms with E-state index in [1.807, 2.05) is 55.5 Å². The normalized spacial score (nSPS) is 17.7. The molecular formula is C21H26N2O3. The third kappa shape index (κ3) is 4.84. The standard InChI is InChI=1S/C21H26N2O3/c1-15-9-10-17(19(12-15)26-14-18-8-5-11-25-18)13-23-21(24)20(22)16-6-3-2-4-7-16/h2-4,6-7,9-10,12,18,20H,5,8,11,13-14,22H2,1H3,(H,23,24). The molecule has 0 aliphatic carbocycles. The molecule has 26 heavy (non-hydrogen) atoms. The summed E-state index contributed by atoms with van der Waals surface area (Å²) in [5.41, 5.74) is 8.89. The Bertz CT molecular complexity index is 727. The van der Waals surface area contributed by atoms with Crippen LogP contribution in [0.15, 0.2) is 48.5 Å². The van der Waals surface area contributed by atoms with Crippen LogP contribution in [0.25, 0.3) is 0 Å². The molecule has 2 atom stereocenters. The molecule has 2 unspecified atom stereocenters. The van der Waals surface area contributed by atoms with Gasteiger partial charge in [0.05, 0.1) is 6.10 Å². The fourth-order valence-corrected chi connectivity index (χ4v) is 3.00. The lowest BCUT2D eigenvalue weighted by molar-refractivity contribution is -0.122. The van der Waals surface area contributed by atoms with E-state index >= 15 is 0 Å². The van der Waals surface area contributed by atoms with Gasteiger partial charge >= 0.3 is 0 Å². The third-order valence-electron chi connectivity index (χ3n) is 4.57. The molecule has 5 nitrogen and oxygen atoms in total. The average Bonchev–Trinajstić information content (AvgIpc) is 3.19. The Hall–Kier alpha value is -2.37. The molecule has 1 heterocycles. The molecular weight excluding hydrogens is 328 g/mol. The highest BCUT2D eigenvalue weighted by molar-refractivity contribution is 5.82. The van der Waals surface area contributed by atoms with Crippen molar-refractivity contribution in [2.45, 2.75) is 38.5 Å². The number of benzene rings is 2. The summed E-state index contributed by atoms with van der Waals surface area (Å²) >= 11 is 0. The highest BCUT2D eigenvalue weighted by atomic mass is 16.5. The molecule has 0 bridgehead atoms. The van der Waals surface area contributed by atoms with E-state index in [9.17, 15) is 4.79 Å². The minimum absolute atomic E-state index is 0.157. The molecule has 0 radical (unpaired) electrons. The van der Waals surface area contributed by atoms with E-state index in [1.165, 1.54) is 0 Å². The second kappa shape index (κ2) is 8.83. The summed E-state index contributed by atoms with van der Waals surface area (Å²) < 4.78 is 11.6. The van der Waals surface area contributed by atoms with Crippen LogP contribution in [0, 0.1) is 6.92 Å². The van der Waals surface area contributed by atoms with E-state index in [2.05, 4.69) is 5.32 Å². The average molecular weight is 354 g/mol.